The van der Waals surface area contributed by atoms with Crippen LogP contribution < -0.4 is 5.32 Å². The molecule has 1 saturated heterocycles. The lowest BCUT2D eigenvalue weighted by Gasteiger charge is -2.26. The Kier molecular flexibility index (Phi) is 4.87. The number of benzene rings is 1. The minimum Gasteiger partial charge on any atom is -0.396 e. The number of nitrogens with zero attached hydrogens (tertiary/aromatic N) is 2. The summed E-state index contributed by atoms with van der Waals surface area (Å²) in [7, 11) is 0. The minimum absolute atomic E-state index is 0.0875. The molecule has 3 rings (SSSR count). The van der Waals surface area contributed by atoms with Crippen LogP contribution in [0.3, 0.4) is 0 Å². The highest BCUT2D eigenvalue weighted by Gasteiger charge is 2.33. The molecule has 1 aliphatic heterocycles. The second kappa shape index (κ2) is 7.05. The smallest absolute Gasteiger partial charge is 0.0645 e. The predicted molar refractivity (Wildman–Crippen MR) is 84.8 cm³/mol. The third-order valence-electron chi connectivity index (χ3n) is 4.31. The van der Waals surface area contributed by atoms with Crippen molar-refractivity contribution in [2.45, 2.75) is 19.4 Å². The van der Waals surface area contributed by atoms with Gasteiger partial charge in [0.25, 0.3) is 0 Å². The predicted octanol–water partition coefficient (Wildman–Crippen LogP) is 1.75. The van der Waals surface area contributed by atoms with E-state index in [0.717, 1.165) is 50.4 Å². The Morgan fingerprint density at radius 1 is 1.32 bits per heavy atom. The number of para-hydroxylation sites is 1. The molecule has 1 unspecified atom stereocenters. The average molecular weight is 301 g/mol. The van der Waals surface area contributed by atoms with E-state index in [9.17, 15) is 5.11 Å². The third kappa shape index (κ3) is 3.55. The summed E-state index contributed by atoms with van der Waals surface area (Å²) >= 11 is 0. The van der Waals surface area contributed by atoms with Crippen LogP contribution in [0.15, 0.2) is 42.7 Å². The molecule has 118 valence electrons. The Labute approximate surface area is 130 Å². The van der Waals surface area contributed by atoms with Crippen molar-refractivity contribution < 1.29 is 9.84 Å². The summed E-state index contributed by atoms with van der Waals surface area (Å²) in [5, 5.41) is 17.1. The quantitative estimate of drug-likeness (QED) is 0.818. The average Bonchev–Trinajstić information content (AvgIpc) is 3.19. The Bertz CT molecular complexity index is 577. The first-order valence-electron chi connectivity index (χ1n) is 7.80. The van der Waals surface area contributed by atoms with Gasteiger partial charge in [0.2, 0.25) is 0 Å². The molecule has 1 atom stereocenters. The maximum Gasteiger partial charge on any atom is 0.0645 e. The van der Waals surface area contributed by atoms with Gasteiger partial charge in [-0.15, -0.1) is 0 Å². The highest BCUT2D eigenvalue weighted by Crippen LogP contribution is 2.31. The van der Waals surface area contributed by atoms with Crippen LogP contribution in [0.25, 0.3) is 5.69 Å². The molecule has 1 fully saturated rings. The number of aliphatic hydroxyl groups is 1. The largest absolute Gasteiger partial charge is 0.396 e. The summed E-state index contributed by atoms with van der Waals surface area (Å²) in [6, 6.07) is 10.1. The molecule has 1 aromatic carbocycles. The van der Waals surface area contributed by atoms with Crippen molar-refractivity contribution in [2.75, 3.05) is 26.4 Å². The van der Waals surface area contributed by atoms with Gasteiger partial charge in [-0.25, -0.2) is 4.68 Å². The maximum atomic E-state index is 9.24. The molecular weight excluding hydrogens is 278 g/mol. The summed E-state index contributed by atoms with van der Waals surface area (Å²) < 4.78 is 7.40. The van der Waals surface area contributed by atoms with Gasteiger partial charge in [0.05, 0.1) is 18.5 Å². The third-order valence-corrected chi connectivity index (χ3v) is 4.31. The Morgan fingerprint density at radius 2 is 2.18 bits per heavy atom. The van der Waals surface area contributed by atoms with Crippen molar-refractivity contribution in [3.63, 3.8) is 0 Å². The van der Waals surface area contributed by atoms with E-state index in [0.29, 0.717) is 0 Å². The second-order valence-electron chi connectivity index (χ2n) is 6.01. The Morgan fingerprint density at radius 3 is 2.91 bits per heavy atom. The van der Waals surface area contributed by atoms with E-state index in [-0.39, 0.29) is 12.0 Å². The van der Waals surface area contributed by atoms with Crippen LogP contribution in [0.4, 0.5) is 0 Å². The number of aliphatic hydroxyl groups excluding tert-OH is 1. The molecule has 2 aromatic rings. The number of ether oxygens (including phenoxy) is 1. The summed E-state index contributed by atoms with van der Waals surface area (Å²) in [5.41, 5.74) is 2.31. The number of hydrogen-bond acceptors (Lipinski definition) is 4. The van der Waals surface area contributed by atoms with E-state index in [1.54, 1.807) is 0 Å². The minimum atomic E-state index is 0.0875. The summed E-state index contributed by atoms with van der Waals surface area (Å²) in [5.74, 6) is 0. The zero-order valence-corrected chi connectivity index (χ0v) is 12.7. The van der Waals surface area contributed by atoms with Crippen molar-refractivity contribution in [3.8, 4) is 5.69 Å². The van der Waals surface area contributed by atoms with Crippen molar-refractivity contribution in [1.29, 1.82) is 0 Å². The van der Waals surface area contributed by atoms with Gasteiger partial charge in [-0.2, -0.15) is 5.10 Å². The van der Waals surface area contributed by atoms with Gasteiger partial charge in [0, 0.05) is 43.5 Å². The van der Waals surface area contributed by atoms with Gasteiger partial charge in [-0.3, -0.25) is 0 Å². The van der Waals surface area contributed by atoms with Crippen molar-refractivity contribution >= 4 is 0 Å². The van der Waals surface area contributed by atoms with E-state index < -0.39 is 0 Å². The molecule has 5 nitrogen and oxygen atoms in total. The van der Waals surface area contributed by atoms with E-state index in [2.05, 4.69) is 10.4 Å². The van der Waals surface area contributed by atoms with E-state index in [1.165, 1.54) is 0 Å². The zero-order chi connectivity index (χ0) is 15.3. The van der Waals surface area contributed by atoms with Crippen LogP contribution in [-0.4, -0.2) is 41.3 Å². The molecule has 0 saturated carbocycles. The lowest BCUT2D eigenvalue weighted by Crippen LogP contribution is -2.35. The van der Waals surface area contributed by atoms with Crippen molar-refractivity contribution in [2.24, 2.45) is 5.41 Å². The molecule has 0 radical (unpaired) electrons. The number of hydrogen-bond donors (Lipinski definition) is 2. The van der Waals surface area contributed by atoms with Crippen molar-refractivity contribution in [1.82, 2.24) is 15.1 Å². The van der Waals surface area contributed by atoms with Crippen molar-refractivity contribution in [3.05, 3.63) is 48.3 Å². The van der Waals surface area contributed by atoms with Gasteiger partial charge in [-0.1, -0.05) is 18.2 Å². The molecule has 22 heavy (non-hydrogen) atoms. The molecule has 1 aliphatic rings. The first-order valence-corrected chi connectivity index (χ1v) is 7.80. The molecule has 0 amide bonds. The number of rotatable bonds is 7. The number of aromatic nitrogens is 2. The van der Waals surface area contributed by atoms with Gasteiger partial charge in [-0.05, 0) is 25.0 Å². The summed E-state index contributed by atoms with van der Waals surface area (Å²) in [6.45, 7) is 3.40. The SMILES string of the molecule is OCCC1(CNCc2cnn(-c3ccccc3)c2)CCOC1. The molecular formula is C17H23N3O2. The highest BCUT2D eigenvalue weighted by molar-refractivity contribution is 5.30. The molecule has 2 heterocycles. The molecule has 0 bridgehead atoms. The van der Waals surface area contributed by atoms with E-state index >= 15 is 0 Å². The van der Waals surface area contributed by atoms with Gasteiger partial charge in [0.1, 0.15) is 0 Å². The lowest BCUT2D eigenvalue weighted by molar-refractivity contribution is 0.124. The Balaban J connectivity index is 1.55. The first-order chi connectivity index (χ1) is 10.8. The van der Waals surface area contributed by atoms with Crippen LogP contribution in [0.2, 0.25) is 0 Å². The van der Waals surface area contributed by atoms with E-state index in [4.69, 9.17) is 4.74 Å². The van der Waals surface area contributed by atoms with Gasteiger partial charge < -0.3 is 15.2 Å². The first kappa shape index (κ1) is 15.2. The fraction of sp³-hybridized carbons (Fsp3) is 0.471. The maximum absolute atomic E-state index is 9.24. The Hall–Kier alpha value is -1.69. The van der Waals surface area contributed by atoms with Crippen LogP contribution in [0.5, 0.6) is 0 Å². The fourth-order valence-corrected chi connectivity index (χ4v) is 2.96. The zero-order valence-electron chi connectivity index (χ0n) is 12.7. The molecule has 5 heteroatoms. The molecule has 0 spiro atoms. The number of nitrogens with one attached hydrogen (secondary N) is 1. The van der Waals surface area contributed by atoms with Crippen LogP contribution in [0, 0.1) is 5.41 Å². The van der Waals surface area contributed by atoms with E-state index in [1.807, 2.05) is 47.4 Å². The standard InChI is InChI=1S/C17H23N3O2/c21-8-6-17(7-9-22-14-17)13-18-10-15-11-19-20(12-15)16-4-2-1-3-5-16/h1-5,11-12,18,21H,6-10,13-14H2. The molecule has 1 aromatic heterocycles. The summed E-state index contributed by atoms with van der Waals surface area (Å²) in [6.07, 6.45) is 5.75. The van der Waals surface area contributed by atoms with Crippen LogP contribution in [-0.2, 0) is 11.3 Å². The normalized spacial score (nSPS) is 21.3. The second-order valence-corrected chi connectivity index (χ2v) is 6.01. The van der Waals surface area contributed by atoms with Crippen LogP contribution in [0.1, 0.15) is 18.4 Å². The van der Waals surface area contributed by atoms with Crippen LogP contribution >= 0.6 is 0 Å². The fourth-order valence-electron chi connectivity index (χ4n) is 2.96. The topological polar surface area (TPSA) is 59.3 Å². The van der Waals surface area contributed by atoms with Gasteiger partial charge in [0.15, 0.2) is 0 Å². The van der Waals surface area contributed by atoms with Gasteiger partial charge >= 0.3 is 0 Å². The highest BCUT2D eigenvalue weighted by atomic mass is 16.5. The monoisotopic (exact) mass is 301 g/mol. The molecule has 2 N–H and O–H groups in total. The summed E-state index contributed by atoms with van der Waals surface area (Å²) in [4.78, 5) is 0. The molecule has 0 aliphatic carbocycles. The lowest BCUT2D eigenvalue weighted by atomic mass is 9.84.